The van der Waals surface area contributed by atoms with Gasteiger partial charge in [-0.25, -0.2) is 19.4 Å². The fourth-order valence-corrected chi connectivity index (χ4v) is 7.89. The molecule has 2 aromatic carbocycles. The Labute approximate surface area is 349 Å². The van der Waals surface area contributed by atoms with Crippen LogP contribution in [0.3, 0.4) is 0 Å². The molecule has 16 heteroatoms. The second kappa shape index (κ2) is 22.8. The molecule has 0 bridgehead atoms. The highest BCUT2D eigenvalue weighted by Gasteiger charge is 2.27. The molecule has 3 atom stereocenters. The van der Waals surface area contributed by atoms with Crippen molar-refractivity contribution in [1.82, 2.24) is 45.9 Å². The van der Waals surface area contributed by atoms with E-state index in [0.717, 1.165) is 39.8 Å². The lowest BCUT2D eigenvalue weighted by atomic mass is 9.95. The largest absolute Gasteiger partial charge is 0.444 e. The van der Waals surface area contributed by atoms with Crippen molar-refractivity contribution in [3.63, 3.8) is 0 Å². The lowest BCUT2D eigenvalue weighted by Crippen LogP contribution is -2.54. The standard InChI is InChI=1S/C42H57N9O5S2/c1-30(2)39-46-35(28-57-39)26-50(4)41(54)48-37(17-18-44-40(53)51-21-19-49(3)20-22-51)38(52)45-33(23-31-11-7-5-8-12-31)15-16-34(24-32-13-9-6-10-14-32)47-42(55)56-27-36-25-43-29-58-36/h5-14,25,28-30,33-34,37H,15-24,26-27H2,1-4H3,(H,44,53)(H,45,52)(H,47,55)(H,48,54)/t33-,34-,37+/m1/s1. The normalized spacial score (nSPS) is 14.6. The van der Waals surface area contributed by atoms with Crippen molar-refractivity contribution in [3.05, 3.63) is 104 Å². The van der Waals surface area contributed by atoms with Gasteiger partial charge in [-0.3, -0.25) is 9.78 Å². The Morgan fingerprint density at radius 3 is 2.07 bits per heavy atom. The molecule has 1 aliphatic rings. The number of carbonyl (C=O) groups is 4. The van der Waals surface area contributed by atoms with Crippen molar-refractivity contribution in [2.75, 3.05) is 46.8 Å². The van der Waals surface area contributed by atoms with Gasteiger partial charge in [-0.05, 0) is 50.3 Å². The van der Waals surface area contributed by atoms with Crippen LogP contribution in [0.5, 0.6) is 0 Å². The zero-order valence-electron chi connectivity index (χ0n) is 33.9. The van der Waals surface area contributed by atoms with Gasteiger partial charge in [-0.15, -0.1) is 22.7 Å². The first-order chi connectivity index (χ1) is 28.0. The molecule has 3 heterocycles. The van der Waals surface area contributed by atoms with Gasteiger partial charge >= 0.3 is 18.2 Å². The van der Waals surface area contributed by atoms with E-state index in [1.165, 1.54) is 16.2 Å². The summed E-state index contributed by atoms with van der Waals surface area (Å²) in [6, 6.07) is 17.6. The van der Waals surface area contributed by atoms with E-state index in [2.05, 4.69) is 50.0 Å². The van der Waals surface area contributed by atoms with E-state index in [0.29, 0.717) is 38.8 Å². The van der Waals surface area contributed by atoms with Crippen molar-refractivity contribution < 1.29 is 23.9 Å². The summed E-state index contributed by atoms with van der Waals surface area (Å²) in [5.41, 5.74) is 4.57. The van der Waals surface area contributed by atoms with Gasteiger partial charge in [0.1, 0.15) is 12.6 Å². The number of urea groups is 2. The number of piperazine rings is 1. The number of carbonyl (C=O) groups excluding carboxylic acids is 4. The van der Waals surface area contributed by atoms with Gasteiger partial charge in [0, 0.05) is 69.3 Å². The predicted molar refractivity (Wildman–Crippen MR) is 228 cm³/mol. The van der Waals surface area contributed by atoms with Gasteiger partial charge in [0.05, 0.1) is 27.6 Å². The molecule has 1 saturated heterocycles. The molecule has 5 rings (SSSR count). The summed E-state index contributed by atoms with van der Waals surface area (Å²) in [4.78, 5) is 69.0. The van der Waals surface area contributed by atoms with E-state index >= 15 is 0 Å². The number of nitrogens with one attached hydrogen (secondary N) is 4. The Kier molecular flexibility index (Phi) is 17.3. The SMILES string of the molecule is CC(C)c1nc(CN(C)C(=O)N[C@@H](CCNC(=O)N2CCN(C)CC2)C(=O)N[C@H](CC[C@H](Cc2ccccc2)NC(=O)OCc2cncs2)Cc2ccccc2)cs1. The lowest BCUT2D eigenvalue weighted by molar-refractivity contribution is -0.123. The molecule has 0 aliphatic carbocycles. The smallest absolute Gasteiger partial charge is 0.407 e. The Morgan fingerprint density at radius 2 is 1.48 bits per heavy atom. The van der Waals surface area contributed by atoms with Crippen molar-refractivity contribution in [1.29, 1.82) is 0 Å². The number of hydrogen-bond acceptors (Lipinski definition) is 10. The minimum atomic E-state index is -0.942. The van der Waals surface area contributed by atoms with Gasteiger partial charge in [-0.2, -0.15) is 0 Å². The maximum Gasteiger partial charge on any atom is 0.407 e. The molecule has 58 heavy (non-hydrogen) atoms. The first-order valence-electron chi connectivity index (χ1n) is 19.9. The summed E-state index contributed by atoms with van der Waals surface area (Å²) in [7, 11) is 3.70. The summed E-state index contributed by atoms with van der Waals surface area (Å²) < 4.78 is 5.52. The van der Waals surface area contributed by atoms with E-state index in [1.807, 2.05) is 73.1 Å². The zero-order valence-corrected chi connectivity index (χ0v) is 35.5. The van der Waals surface area contributed by atoms with Crippen LogP contribution in [0.15, 0.2) is 77.8 Å². The van der Waals surface area contributed by atoms with Gasteiger partial charge in [0.25, 0.3) is 0 Å². The van der Waals surface area contributed by atoms with E-state index in [4.69, 9.17) is 4.74 Å². The maximum atomic E-state index is 14.3. The second-order valence-electron chi connectivity index (χ2n) is 15.0. The van der Waals surface area contributed by atoms with Gasteiger partial charge in [-0.1, -0.05) is 74.5 Å². The van der Waals surface area contributed by atoms with Crippen LogP contribution in [0.4, 0.5) is 14.4 Å². The van der Waals surface area contributed by atoms with E-state index in [9.17, 15) is 19.2 Å². The zero-order chi connectivity index (χ0) is 41.3. The number of aromatic nitrogens is 2. The number of nitrogens with zero attached hydrogens (tertiary/aromatic N) is 5. The number of ether oxygens (including phenoxy) is 1. The van der Waals surface area contributed by atoms with Crippen LogP contribution in [0.2, 0.25) is 0 Å². The third-order valence-electron chi connectivity index (χ3n) is 9.93. The van der Waals surface area contributed by atoms with E-state index < -0.39 is 18.2 Å². The van der Waals surface area contributed by atoms with Gasteiger partial charge < -0.3 is 40.7 Å². The summed E-state index contributed by atoms with van der Waals surface area (Å²) in [5.74, 6) is -0.0768. The summed E-state index contributed by atoms with van der Waals surface area (Å²) in [6.07, 6.45) is 3.49. The minimum Gasteiger partial charge on any atom is -0.444 e. The topological polar surface area (TPSA) is 161 Å². The van der Waals surface area contributed by atoms with Gasteiger partial charge in [0.2, 0.25) is 5.91 Å². The maximum absolute atomic E-state index is 14.3. The summed E-state index contributed by atoms with van der Waals surface area (Å²) >= 11 is 2.98. The fraction of sp³-hybridized carbons (Fsp3) is 0.476. The molecule has 4 N–H and O–H groups in total. The number of amides is 6. The molecule has 0 saturated carbocycles. The highest BCUT2D eigenvalue weighted by molar-refractivity contribution is 7.09. The minimum absolute atomic E-state index is 0.127. The van der Waals surface area contributed by atoms with Crippen LogP contribution in [0, 0.1) is 0 Å². The molecule has 0 spiro atoms. The van der Waals surface area contributed by atoms with Crippen LogP contribution in [0.1, 0.15) is 65.7 Å². The molecule has 4 aromatic rings. The summed E-state index contributed by atoms with van der Waals surface area (Å²) in [6.45, 7) is 7.57. The third kappa shape index (κ3) is 14.7. The summed E-state index contributed by atoms with van der Waals surface area (Å²) in [5, 5.41) is 15.1. The first-order valence-corrected chi connectivity index (χ1v) is 21.6. The van der Waals surface area contributed by atoms with Crippen molar-refractivity contribution in [2.45, 2.75) is 83.1 Å². The number of thiazole rings is 2. The van der Waals surface area contributed by atoms with Crippen molar-refractivity contribution >= 4 is 46.7 Å². The molecular weight excluding hydrogens is 775 g/mol. The fourth-order valence-electron chi connectivity index (χ4n) is 6.56. The number of rotatable bonds is 19. The molecule has 0 radical (unpaired) electrons. The van der Waals surface area contributed by atoms with Crippen LogP contribution in [-0.4, -0.2) is 114 Å². The van der Waals surface area contributed by atoms with Crippen LogP contribution < -0.4 is 21.3 Å². The van der Waals surface area contributed by atoms with Crippen molar-refractivity contribution in [2.24, 2.45) is 0 Å². The number of likely N-dealkylation sites (N-methyl/N-ethyl adjacent to an activating group) is 1. The second-order valence-corrected chi connectivity index (χ2v) is 16.9. The van der Waals surface area contributed by atoms with Crippen LogP contribution in [-0.2, 0) is 35.5 Å². The molecule has 2 aromatic heterocycles. The van der Waals surface area contributed by atoms with Crippen LogP contribution in [0.25, 0.3) is 0 Å². The Morgan fingerprint density at radius 1 is 0.845 bits per heavy atom. The quantitative estimate of drug-likeness (QED) is 0.0947. The average molecular weight is 832 g/mol. The highest BCUT2D eigenvalue weighted by atomic mass is 32.1. The number of alkyl carbamates (subject to hydrolysis) is 1. The van der Waals surface area contributed by atoms with Gasteiger partial charge in [0.15, 0.2) is 0 Å². The Hall–Kier alpha value is -5.06. The highest BCUT2D eigenvalue weighted by Crippen LogP contribution is 2.20. The first kappa shape index (κ1) is 44.1. The van der Waals surface area contributed by atoms with Crippen LogP contribution >= 0.6 is 22.7 Å². The third-order valence-corrected chi connectivity index (χ3v) is 11.9. The lowest BCUT2D eigenvalue weighted by Gasteiger charge is -2.32. The average Bonchev–Trinajstić information content (AvgIpc) is 3.93. The van der Waals surface area contributed by atoms with E-state index in [-0.39, 0.29) is 56.1 Å². The Bertz CT molecular complexity index is 1850. The molecule has 312 valence electrons. The molecular formula is C42H57N9O5S2. The predicted octanol–water partition coefficient (Wildman–Crippen LogP) is 5.63. The Balaban J connectivity index is 1.28. The van der Waals surface area contributed by atoms with E-state index in [1.54, 1.807) is 35.0 Å². The molecule has 1 fully saturated rings. The monoisotopic (exact) mass is 831 g/mol. The molecule has 1 aliphatic heterocycles. The molecule has 6 amide bonds. The molecule has 14 nitrogen and oxygen atoms in total. The number of benzene rings is 2. The number of hydrogen-bond donors (Lipinski definition) is 4. The molecule has 0 unspecified atom stereocenters. The van der Waals surface area contributed by atoms with Crippen molar-refractivity contribution in [3.8, 4) is 0 Å².